The number of benzene rings is 1. The molecule has 0 unspecified atom stereocenters. The summed E-state index contributed by atoms with van der Waals surface area (Å²) < 4.78 is 24.9. The molecule has 28 heavy (non-hydrogen) atoms. The third kappa shape index (κ3) is 5.34. The van der Waals surface area contributed by atoms with Crippen LogP contribution in [0, 0.1) is 13.8 Å². The van der Waals surface area contributed by atoms with E-state index in [0.29, 0.717) is 19.0 Å². The highest BCUT2D eigenvalue weighted by atomic mass is 32.2. The zero-order valence-corrected chi connectivity index (χ0v) is 18.4. The molecule has 0 fully saturated rings. The molecule has 2 rings (SSSR count). The number of hydrogen-bond donors (Lipinski definition) is 2. The minimum atomic E-state index is -3.18. The third-order valence-electron chi connectivity index (χ3n) is 4.67. The van der Waals surface area contributed by atoms with Crippen LogP contribution >= 0.6 is 0 Å². The van der Waals surface area contributed by atoms with Crippen LogP contribution < -0.4 is 10.6 Å². The molecule has 154 valence electrons. The highest BCUT2D eigenvalue weighted by Gasteiger charge is 2.30. The Morgan fingerprint density at radius 1 is 1.21 bits per heavy atom. The van der Waals surface area contributed by atoms with Gasteiger partial charge in [0.25, 0.3) is 0 Å². The molecule has 0 aliphatic rings. The molecule has 7 nitrogen and oxygen atoms in total. The molecule has 2 aromatic rings. The summed E-state index contributed by atoms with van der Waals surface area (Å²) in [4.78, 5) is 4.65. The number of rotatable bonds is 7. The monoisotopic (exact) mass is 405 g/mol. The molecular formula is C20H31N5O2S. The number of guanidine groups is 1. The standard InChI is InChI=1S/C20H31N5O2S/c1-7-21-19(23-14-20(4,5)28(6,26)27)22-13-17-10-8-9-11-18(17)25-16(3)12-15(2)24-25/h8-12H,7,13-14H2,1-6H3,(H2,21,22,23). The van der Waals surface area contributed by atoms with E-state index in [1.807, 2.05) is 55.8 Å². The molecule has 0 spiro atoms. The lowest BCUT2D eigenvalue weighted by Crippen LogP contribution is -2.47. The fourth-order valence-corrected chi connectivity index (χ4v) is 2.99. The van der Waals surface area contributed by atoms with Gasteiger partial charge >= 0.3 is 0 Å². The van der Waals surface area contributed by atoms with Crippen LogP contribution in [0.1, 0.15) is 37.7 Å². The van der Waals surface area contributed by atoms with E-state index in [2.05, 4.69) is 20.7 Å². The number of aliphatic imine (C=N–C) groups is 1. The maximum atomic E-state index is 11.9. The van der Waals surface area contributed by atoms with Crippen molar-refractivity contribution in [3.05, 3.63) is 47.3 Å². The molecular weight excluding hydrogens is 374 g/mol. The van der Waals surface area contributed by atoms with Gasteiger partial charge in [0.1, 0.15) is 0 Å². The SMILES string of the molecule is CCNC(=NCc1ccccc1-n1nc(C)cc1C)NCC(C)(C)S(C)(=O)=O. The number of aryl methyl sites for hydroxylation is 2. The fourth-order valence-electron chi connectivity index (χ4n) is 2.66. The second-order valence-corrected chi connectivity index (χ2v) is 10.2. The first-order valence-electron chi connectivity index (χ1n) is 9.38. The van der Waals surface area contributed by atoms with Crippen molar-refractivity contribution >= 4 is 15.8 Å². The van der Waals surface area contributed by atoms with Gasteiger partial charge in [-0.25, -0.2) is 18.1 Å². The van der Waals surface area contributed by atoms with E-state index in [9.17, 15) is 8.42 Å². The van der Waals surface area contributed by atoms with Gasteiger partial charge in [-0.1, -0.05) is 18.2 Å². The summed E-state index contributed by atoms with van der Waals surface area (Å²) in [6.07, 6.45) is 1.25. The molecule has 1 aromatic heterocycles. The van der Waals surface area contributed by atoms with Gasteiger partial charge in [0.15, 0.2) is 15.8 Å². The molecule has 0 atom stereocenters. The van der Waals surface area contributed by atoms with Gasteiger partial charge in [-0.2, -0.15) is 5.10 Å². The van der Waals surface area contributed by atoms with Gasteiger partial charge in [0.05, 0.1) is 22.7 Å². The lowest BCUT2D eigenvalue weighted by Gasteiger charge is -2.24. The minimum absolute atomic E-state index is 0.275. The van der Waals surface area contributed by atoms with Crippen LogP contribution in [0.3, 0.4) is 0 Å². The van der Waals surface area contributed by atoms with Crippen molar-refractivity contribution in [2.75, 3.05) is 19.3 Å². The summed E-state index contributed by atoms with van der Waals surface area (Å²) >= 11 is 0. The molecule has 0 bridgehead atoms. The number of nitrogens with one attached hydrogen (secondary N) is 2. The molecule has 0 amide bonds. The van der Waals surface area contributed by atoms with Crippen LogP contribution in [0.4, 0.5) is 0 Å². The van der Waals surface area contributed by atoms with Crippen LogP contribution in [0.2, 0.25) is 0 Å². The van der Waals surface area contributed by atoms with Gasteiger partial charge in [-0.3, -0.25) is 0 Å². The van der Waals surface area contributed by atoms with Crippen molar-refractivity contribution in [2.45, 2.75) is 45.9 Å². The number of para-hydroxylation sites is 1. The third-order valence-corrected chi connectivity index (χ3v) is 6.82. The van der Waals surface area contributed by atoms with E-state index in [0.717, 1.165) is 22.6 Å². The molecule has 2 N–H and O–H groups in total. The summed E-state index contributed by atoms with van der Waals surface area (Å²) in [5.74, 6) is 0.586. The van der Waals surface area contributed by atoms with Crippen molar-refractivity contribution in [3.8, 4) is 5.69 Å². The maximum Gasteiger partial charge on any atom is 0.191 e. The van der Waals surface area contributed by atoms with Crippen molar-refractivity contribution in [3.63, 3.8) is 0 Å². The first-order chi connectivity index (χ1) is 13.0. The van der Waals surface area contributed by atoms with Gasteiger partial charge < -0.3 is 10.6 Å². The van der Waals surface area contributed by atoms with Crippen molar-refractivity contribution in [2.24, 2.45) is 4.99 Å². The summed E-state index contributed by atoms with van der Waals surface area (Å²) in [5.41, 5.74) is 4.06. The fraction of sp³-hybridized carbons (Fsp3) is 0.500. The molecule has 0 aliphatic heterocycles. The molecule has 0 saturated heterocycles. The number of sulfone groups is 1. The van der Waals surface area contributed by atoms with E-state index in [1.54, 1.807) is 13.8 Å². The van der Waals surface area contributed by atoms with Crippen LogP contribution in [-0.2, 0) is 16.4 Å². The Labute approximate surface area is 168 Å². The number of nitrogens with zero attached hydrogens (tertiary/aromatic N) is 3. The maximum absolute atomic E-state index is 11.9. The normalized spacial score (nSPS) is 12.9. The highest BCUT2D eigenvalue weighted by molar-refractivity contribution is 7.92. The van der Waals surface area contributed by atoms with E-state index in [-0.39, 0.29) is 6.54 Å². The average Bonchev–Trinajstić information content (AvgIpc) is 2.95. The average molecular weight is 406 g/mol. The Balaban J connectivity index is 2.23. The van der Waals surface area contributed by atoms with Crippen LogP contribution in [-0.4, -0.2) is 48.3 Å². The molecule has 8 heteroatoms. The smallest absolute Gasteiger partial charge is 0.191 e. The second-order valence-electron chi connectivity index (χ2n) is 7.55. The Morgan fingerprint density at radius 3 is 2.46 bits per heavy atom. The number of hydrogen-bond acceptors (Lipinski definition) is 4. The topological polar surface area (TPSA) is 88.4 Å². The predicted molar refractivity (Wildman–Crippen MR) is 115 cm³/mol. The van der Waals surface area contributed by atoms with Crippen LogP contribution in [0.5, 0.6) is 0 Å². The zero-order chi connectivity index (χ0) is 20.9. The van der Waals surface area contributed by atoms with Crippen molar-refractivity contribution in [1.82, 2.24) is 20.4 Å². The summed E-state index contributed by atoms with van der Waals surface area (Å²) in [7, 11) is -3.18. The summed E-state index contributed by atoms with van der Waals surface area (Å²) in [6, 6.07) is 10.1. The van der Waals surface area contributed by atoms with Crippen molar-refractivity contribution < 1.29 is 8.42 Å². The number of aromatic nitrogens is 2. The van der Waals surface area contributed by atoms with E-state index in [1.165, 1.54) is 6.26 Å². The summed E-state index contributed by atoms with van der Waals surface area (Å²) in [6.45, 7) is 10.8. The Bertz CT molecular complexity index is 945. The predicted octanol–water partition coefficient (Wildman–Crippen LogP) is 2.37. The first kappa shape index (κ1) is 21.9. The minimum Gasteiger partial charge on any atom is -0.357 e. The quantitative estimate of drug-likeness (QED) is 0.545. The van der Waals surface area contributed by atoms with E-state index >= 15 is 0 Å². The first-order valence-corrected chi connectivity index (χ1v) is 11.3. The molecule has 0 radical (unpaired) electrons. The van der Waals surface area contributed by atoms with Gasteiger partial charge in [0.2, 0.25) is 0 Å². The second kappa shape index (κ2) is 8.77. The van der Waals surface area contributed by atoms with E-state index < -0.39 is 14.6 Å². The Kier molecular flexibility index (Phi) is 6.87. The highest BCUT2D eigenvalue weighted by Crippen LogP contribution is 2.18. The molecule has 1 heterocycles. The van der Waals surface area contributed by atoms with Gasteiger partial charge in [0, 0.05) is 25.0 Å². The van der Waals surface area contributed by atoms with Gasteiger partial charge in [-0.15, -0.1) is 0 Å². The zero-order valence-electron chi connectivity index (χ0n) is 17.6. The molecule has 0 saturated carbocycles. The van der Waals surface area contributed by atoms with Crippen LogP contribution in [0.15, 0.2) is 35.3 Å². The lowest BCUT2D eigenvalue weighted by molar-refractivity contribution is 0.544. The summed E-state index contributed by atoms with van der Waals surface area (Å²) in [5, 5.41) is 10.9. The Hall–Kier alpha value is -2.35. The lowest BCUT2D eigenvalue weighted by atomic mass is 10.2. The molecule has 1 aromatic carbocycles. The van der Waals surface area contributed by atoms with Gasteiger partial charge in [-0.05, 0) is 52.3 Å². The van der Waals surface area contributed by atoms with Crippen LogP contribution in [0.25, 0.3) is 5.69 Å². The van der Waals surface area contributed by atoms with Crippen molar-refractivity contribution in [1.29, 1.82) is 0 Å². The largest absolute Gasteiger partial charge is 0.357 e. The van der Waals surface area contributed by atoms with E-state index in [4.69, 9.17) is 0 Å². The Morgan fingerprint density at radius 2 is 1.89 bits per heavy atom. The molecule has 0 aliphatic carbocycles.